The van der Waals surface area contributed by atoms with Crippen molar-refractivity contribution in [1.82, 2.24) is 4.90 Å². The molecule has 0 saturated carbocycles. The van der Waals surface area contributed by atoms with Gasteiger partial charge < -0.3 is 10.6 Å². The van der Waals surface area contributed by atoms with Gasteiger partial charge in [-0.2, -0.15) is 0 Å². The first kappa shape index (κ1) is 8.24. The number of hydrogen-bond donors (Lipinski definition) is 1. The maximum atomic E-state index is 5.36. The van der Waals surface area contributed by atoms with Crippen LogP contribution in [0.4, 0.5) is 0 Å². The maximum absolute atomic E-state index is 5.36. The van der Waals surface area contributed by atoms with E-state index in [1.165, 1.54) is 0 Å². The smallest absolute Gasteiger partial charge is 0.0653 e. The molecule has 0 spiro atoms. The topological polar surface area (TPSA) is 29.3 Å². The molecule has 0 aromatic heterocycles. The van der Waals surface area contributed by atoms with E-state index in [0.29, 0.717) is 6.67 Å². The van der Waals surface area contributed by atoms with Crippen LogP contribution in [0, 0.1) is 0 Å². The van der Waals surface area contributed by atoms with Gasteiger partial charge in [0.15, 0.2) is 0 Å². The minimum Gasteiger partial charge on any atom is -0.362 e. The van der Waals surface area contributed by atoms with Crippen molar-refractivity contribution in [2.75, 3.05) is 13.7 Å². The van der Waals surface area contributed by atoms with E-state index in [4.69, 9.17) is 5.73 Å². The Bertz CT molecular complexity index is 116. The summed E-state index contributed by atoms with van der Waals surface area (Å²) in [6.07, 6.45) is 3.76. The molecule has 0 aliphatic carbocycles. The summed E-state index contributed by atoms with van der Waals surface area (Å²) >= 11 is 0. The van der Waals surface area contributed by atoms with Crippen molar-refractivity contribution in [3.05, 3.63) is 24.4 Å². The molecular weight excluding hydrogens is 112 g/mol. The number of nitrogens with zero attached hydrogens (tertiary/aromatic N) is 1. The van der Waals surface area contributed by atoms with Gasteiger partial charge in [0.05, 0.1) is 6.67 Å². The van der Waals surface area contributed by atoms with Gasteiger partial charge in [-0.25, -0.2) is 0 Å². The average molecular weight is 126 g/mol. The summed E-state index contributed by atoms with van der Waals surface area (Å²) in [5.41, 5.74) is 6.43. The largest absolute Gasteiger partial charge is 0.362 e. The van der Waals surface area contributed by atoms with Crippen LogP contribution in [0.25, 0.3) is 0 Å². The van der Waals surface area contributed by atoms with Gasteiger partial charge in [0.2, 0.25) is 0 Å². The van der Waals surface area contributed by atoms with Gasteiger partial charge >= 0.3 is 0 Å². The van der Waals surface area contributed by atoms with E-state index in [1.807, 2.05) is 24.9 Å². The molecule has 52 valence electrons. The number of nitrogens with two attached hydrogens (primary N) is 1. The highest BCUT2D eigenvalue weighted by molar-refractivity contribution is 5.12. The first-order valence-corrected chi connectivity index (χ1v) is 2.96. The monoisotopic (exact) mass is 126 g/mol. The lowest BCUT2D eigenvalue weighted by molar-refractivity contribution is 0.444. The molecule has 0 rings (SSSR count). The van der Waals surface area contributed by atoms with E-state index < -0.39 is 0 Å². The second-order valence-corrected chi connectivity index (χ2v) is 1.80. The summed E-state index contributed by atoms with van der Waals surface area (Å²) in [6, 6.07) is 0. The molecule has 0 aromatic rings. The van der Waals surface area contributed by atoms with Gasteiger partial charge in [-0.15, -0.1) is 0 Å². The summed E-state index contributed by atoms with van der Waals surface area (Å²) in [4.78, 5) is 1.92. The molecule has 0 atom stereocenters. The van der Waals surface area contributed by atoms with Gasteiger partial charge in [-0.1, -0.05) is 12.7 Å². The van der Waals surface area contributed by atoms with E-state index >= 15 is 0 Å². The van der Waals surface area contributed by atoms with Crippen LogP contribution in [0.15, 0.2) is 24.4 Å². The van der Waals surface area contributed by atoms with Crippen molar-refractivity contribution >= 4 is 0 Å². The molecule has 0 fully saturated rings. The lowest BCUT2D eigenvalue weighted by atomic mass is 10.4. The van der Waals surface area contributed by atoms with Crippen LogP contribution in [-0.2, 0) is 0 Å². The Morgan fingerprint density at radius 3 is 2.44 bits per heavy atom. The molecule has 0 unspecified atom stereocenters. The molecule has 0 amide bonds. The Morgan fingerprint density at radius 1 is 1.78 bits per heavy atom. The third-order valence-corrected chi connectivity index (χ3v) is 1.22. The van der Waals surface area contributed by atoms with Crippen molar-refractivity contribution in [2.24, 2.45) is 5.73 Å². The summed E-state index contributed by atoms with van der Waals surface area (Å²) in [6.45, 7) is 6.13. The normalized spacial score (nSPS) is 11.2. The van der Waals surface area contributed by atoms with Gasteiger partial charge in [0.1, 0.15) is 0 Å². The molecule has 0 heterocycles. The molecule has 0 aliphatic rings. The molecule has 9 heavy (non-hydrogen) atoms. The Hall–Kier alpha value is -0.760. The van der Waals surface area contributed by atoms with E-state index in [9.17, 15) is 0 Å². The second-order valence-electron chi connectivity index (χ2n) is 1.80. The molecule has 0 bridgehead atoms. The van der Waals surface area contributed by atoms with Crippen LogP contribution in [0.2, 0.25) is 0 Å². The summed E-state index contributed by atoms with van der Waals surface area (Å²) in [7, 11) is 1.93. The highest BCUT2D eigenvalue weighted by atomic mass is 15.2. The molecule has 0 radical (unpaired) electrons. The first-order chi connectivity index (χ1) is 4.26. The highest BCUT2D eigenvalue weighted by Crippen LogP contribution is 1.98. The van der Waals surface area contributed by atoms with Crippen LogP contribution >= 0.6 is 0 Å². The van der Waals surface area contributed by atoms with Gasteiger partial charge in [-0.05, 0) is 13.0 Å². The van der Waals surface area contributed by atoms with E-state index in [2.05, 4.69) is 6.58 Å². The standard InChI is InChI=1S/C7H14N2/c1-4-7(5-2)9(3)6-8/h4-5H,1,6,8H2,2-3H3/b7-5+. The predicted octanol–water partition coefficient (Wildman–Crippen LogP) is 0.924. The maximum Gasteiger partial charge on any atom is 0.0653 e. The van der Waals surface area contributed by atoms with Crippen LogP contribution in [0.3, 0.4) is 0 Å². The van der Waals surface area contributed by atoms with Crippen molar-refractivity contribution < 1.29 is 0 Å². The van der Waals surface area contributed by atoms with Crippen molar-refractivity contribution in [3.63, 3.8) is 0 Å². The highest BCUT2D eigenvalue weighted by Gasteiger charge is 1.92. The van der Waals surface area contributed by atoms with Gasteiger partial charge in [0.25, 0.3) is 0 Å². The van der Waals surface area contributed by atoms with Gasteiger partial charge in [0, 0.05) is 12.7 Å². The lowest BCUT2D eigenvalue weighted by Crippen LogP contribution is -2.23. The summed E-state index contributed by atoms with van der Waals surface area (Å²) in [5, 5.41) is 0. The summed E-state index contributed by atoms with van der Waals surface area (Å²) < 4.78 is 0. The second kappa shape index (κ2) is 4.15. The average Bonchev–Trinajstić information content (AvgIpc) is 1.90. The first-order valence-electron chi connectivity index (χ1n) is 2.96. The molecule has 2 nitrogen and oxygen atoms in total. The third kappa shape index (κ3) is 2.33. The van der Waals surface area contributed by atoms with Crippen LogP contribution in [0.5, 0.6) is 0 Å². The Morgan fingerprint density at radius 2 is 2.33 bits per heavy atom. The molecule has 0 saturated heterocycles. The van der Waals surface area contributed by atoms with Crippen LogP contribution < -0.4 is 5.73 Å². The van der Waals surface area contributed by atoms with Crippen molar-refractivity contribution in [2.45, 2.75) is 6.92 Å². The fraction of sp³-hybridized carbons (Fsp3) is 0.429. The molecule has 0 aromatic carbocycles. The molecular formula is C7H14N2. The number of rotatable bonds is 3. The number of likely N-dealkylation sites (N-methyl/N-ethyl adjacent to an activating group) is 1. The van der Waals surface area contributed by atoms with Crippen molar-refractivity contribution in [1.29, 1.82) is 0 Å². The summed E-state index contributed by atoms with van der Waals surface area (Å²) in [5.74, 6) is 0. The zero-order chi connectivity index (χ0) is 7.28. The number of hydrogen-bond acceptors (Lipinski definition) is 2. The third-order valence-electron chi connectivity index (χ3n) is 1.22. The van der Waals surface area contributed by atoms with E-state index in [0.717, 1.165) is 5.70 Å². The van der Waals surface area contributed by atoms with Gasteiger partial charge in [-0.3, -0.25) is 0 Å². The Kier molecular flexibility index (Phi) is 3.80. The SMILES string of the molecule is C=C/C(=C\C)N(C)CN. The lowest BCUT2D eigenvalue weighted by Gasteiger charge is -2.16. The minimum atomic E-state index is 0.533. The molecule has 0 aliphatic heterocycles. The Labute approximate surface area is 56.6 Å². The zero-order valence-electron chi connectivity index (χ0n) is 6.09. The van der Waals surface area contributed by atoms with Crippen molar-refractivity contribution in [3.8, 4) is 0 Å². The van der Waals surface area contributed by atoms with E-state index in [1.54, 1.807) is 6.08 Å². The minimum absolute atomic E-state index is 0.533. The quantitative estimate of drug-likeness (QED) is 0.450. The van der Waals surface area contributed by atoms with Crippen LogP contribution in [0.1, 0.15) is 6.92 Å². The van der Waals surface area contributed by atoms with E-state index in [-0.39, 0.29) is 0 Å². The predicted molar refractivity (Wildman–Crippen MR) is 40.8 cm³/mol. The fourth-order valence-electron chi connectivity index (χ4n) is 0.599. The molecule has 2 heteroatoms. The molecule has 2 N–H and O–H groups in total. The van der Waals surface area contributed by atoms with Crippen LogP contribution in [-0.4, -0.2) is 18.6 Å². The Balaban J connectivity index is 3.95. The fourth-order valence-corrected chi connectivity index (χ4v) is 0.599. The zero-order valence-corrected chi connectivity index (χ0v) is 6.09. The number of allylic oxidation sites excluding steroid dienone is 2.